The molecular formula is C19H24N2O. The summed E-state index contributed by atoms with van der Waals surface area (Å²) in [7, 11) is 0. The molecule has 0 atom stereocenters. The second kappa shape index (κ2) is 6.39. The van der Waals surface area contributed by atoms with Gasteiger partial charge < -0.3 is 9.67 Å². The van der Waals surface area contributed by atoms with Crippen LogP contribution in [0.5, 0.6) is 5.75 Å². The first-order valence-electron chi connectivity index (χ1n) is 8.16. The predicted molar refractivity (Wildman–Crippen MR) is 91.4 cm³/mol. The topological polar surface area (TPSA) is 37.5 Å². The van der Waals surface area contributed by atoms with E-state index in [0.717, 1.165) is 5.69 Å². The van der Waals surface area contributed by atoms with Gasteiger partial charge in [-0.25, -0.2) is 0 Å². The number of aryl methyl sites for hydroxylation is 1. The highest BCUT2D eigenvalue weighted by Gasteiger charge is 2.19. The molecule has 1 saturated carbocycles. The third-order valence-electron chi connectivity index (χ3n) is 4.67. The van der Waals surface area contributed by atoms with Gasteiger partial charge in [0.15, 0.2) is 0 Å². The highest BCUT2D eigenvalue weighted by atomic mass is 16.3. The molecule has 1 aliphatic carbocycles. The molecule has 0 amide bonds. The Labute approximate surface area is 132 Å². The van der Waals surface area contributed by atoms with Gasteiger partial charge in [0, 0.05) is 29.2 Å². The second-order valence-corrected chi connectivity index (χ2v) is 6.26. The minimum absolute atomic E-state index is 0.273. The fraction of sp³-hybridized carbons (Fsp3) is 0.421. The molecule has 3 rings (SSSR count). The molecule has 0 spiro atoms. The van der Waals surface area contributed by atoms with Gasteiger partial charge in [0.05, 0.1) is 5.69 Å². The Kier molecular flexibility index (Phi) is 4.32. The van der Waals surface area contributed by atoms with Crippen LogP contribution >= 0.6 is 0 Å². The van der Waals surface area contributed by atoms with Gasteiger partial charge in [-0.2, -0.15) is 0 Å². The zero-order chi connectivity index (χ0) is 15.5. The van der Waals surface area contributed by atoms with Crippen molar-refractivity contribution in [2.45, 2.75) is 52.0 Å². The van der Waals surface area contributed by atoms with Gasteiger partial charge in [-0.3, -0.25) is 4.99 Å². The summed E-state index contributed by atoms with van der Waals surface area (Å²) in [5.74, 6) is 0.273. The molecule has 0 bridgehead atoms. The Morgan fingerprint density at radius 3 is 2.45 bits per heavy atom. The van der Waals surface area contributed by atoms with Crippen LogP contribution < -0.4 is 0 Å². The third-order valence-corrected chi connectivity index (χ3v) is 4.67. The van der Waals surface area contributed by atoms with Gasteiger partial charge in [0.2, 0.25) is 0 Å². The Morgan fingerprint density at radius 2 is 1.77 bits per heavy atom. The number of hydrogen-bond donors (Lipinski definition) is 1. The number of nitrogens with zero attached hydrogens (tertiary/aromatic N) is 2. The molecule has 1 heterocycles. The van der Waals surface area contributed by atoms with Crippen molar-refractivity contribution in [3.05, 3.63) is 47.3 Å². The van der Waals surface area contributed by atoms with Crippen molar-refractivity contribution in [3.8, 4) is 5.75 Å². The van der Waals surface area contributed by atoms with E-state index in [1.165, 1.54) is 49.1 Å². The Bertz CT molecular complexity index is 661. The van der Waals surface area contributed by atoms with E-state index in [2.05, 4.69) is 29.5 Å². The minimum atomic E-state index is 0.273. The van der Waals surface area contributed by atoms with Crippen LogP contribution in [-0.4, -0.2) is 15.9 Å². The molecule has 3 nitrogen and oxygen atoms in total. The van der Waals surface area contributed by atoms with Crippen molar-refractivity contribution in [1.29, 1.82) is 0 Å². The first kappa shape index (κ1) is 14.9. The first-order chi connectivity index (χ1) is 10.6. The van der Waals surface area contributed by atoms with Crippen molar-refractivity contribution >= 4 is 11.9 Å². The Balaban J connectivity index is 1.84. The maximum atomic E-state index is 9.31. The predicted octanol–water partition coefficient (Wildman–Crippen LogP) is 5.07. The fourth-order valence-electron chi connectivity index (χ4n) is 3.52. The monoisotopic (exact) mass is 296 g/mol. The van der Waals surface area contributed by atoms with Crippen molar-refractivity contribution in [3.63, 3.8) is 0 Å². The quantitative estimate of drug-likeness (QED) is 0.789. The molecule has 0 unspecified atom stereocenters. The summed E-state index contributed by atoms with van der Waals surface area (Å²) in [6, 6.07) is 9.87. The van der Waals surface area contributed by atoms with Crippen molar-refractivity contribution in [2.24, 2.45) is 4.99 Å². The van der Waals surface area contributed by atoms with Gasteiger partial charge in [-0.15, -0.1) is 0 Å². The van der Waals surface area contributed by atoms with E-state index in [0.29, 0.717) is 6.04 Å². The molecule has 1 aromatic carbocycles. The molecule has 2 aromatic rings. The van der Waals surface area contributed by atoms with Gasteiger partial charge >= 0.3 is 0 Å². The van der Waals surface area contributed by atoms with Crippen LogP contribution in [0.3, 0.4) is 0 Å². The van der Waals surface area contributed by atoms with Crippen LogP contribution in [0.15, 0.2) is 35.3 Å². The number of aliphatic imine (C=N–C) groups is 1. The second-order valence-electron chi connectivity index (χ2n) is 6.26. The number of rotatable bonds is 3. The summed E-state index contributed by atoms with van der Waals surface area (Å²) in [6.45, 7) is 4.39. The van der Waals surface area contributed by atoms with Crippen LogP contribution in [0.4, 0.5) is 5.69 Å². The summed E-state index contributed by atoms with van der Waals surface area (Å²) in [5, 5.41) is 9.31. The van der Waals surface area contributed by atoms with E-state index >= 15 is 0 Å². The summed E-state index contributed by atoms with van der Waals surface area (Å²) in [6.07, 6.45) is 8.60. The average molecular weight is 296 g/mol. The van der Waals surface area contributed by atoms with Crippen LogP contribution in [0.25, 0.3) is 0 Å². The largest absolute Gasteiger partial charge is 0.508 e. The molecule has 0 saturated heterocycles. The lowest BCUT2D eigenvalue weighted by Gasteiger charge is -2.26. The van der Waals surface area contributed by atoms with Crippen LogP contribution in [0.2, 0.25) is 0 Å². The summed E-state index contributed by atoms with van der Waals surface area (Å²) in [4.78, 5) is 4.53. The van der Waals surface area contributed by atoms with Gasteiger partial charge in [0.1, 0.15) is 5.75 Å². The number of benzene rings is 1. The molecule has 0 radical (unpaired) electrons. The molecular weight excluding hydrogens is 272 g/mol. The van der Waals surface area contributed by atoms with E-state index in [1.807, 2.05) is 18.3 Å². The summed E-state index contributed by atoms with van der Waals surface area (Å²) < 4.78 is 2.50. The molecule has 3 heteroatoms. The number of aromatic nitrogens is 1. The van der Waals surface area contributed by atoms with E-state index in [1.54, 1.807) is 12.1 Å². The third kappa shape index (κ3) is 3.08. The van der Waals surface area contributed by atoms with Gasteiger partial charge in [0.25, 0.3) is 0 Å². The molecule has 1 N–H and O–H groups in total. The van der Waals surface area contributed by atoms with Gasteiger partial charge in [-0.1, -0.05) is 19.3 Å². The Hall–Kier alpha value is -2.03. The lowest BCUT2D eigenvalue weighted by molar-refractivity contribution is 0.346. The minimum Gasteiger partial charge on any atom is -0.508 e. The fourth-order valence-corrected chi connectivity index (χ4v) is 3.52. The summed E-state index contributed by atoms with van der Waals surface area (Å²) in [5.41, 5.74) is 4.69. The van der Waals surface area contributed by atoms with Crippen LogP contribution in [0.1, 0.15) is 55.1 Å². The normalized spacial score (nSPS) is 16.5. The lowest BCUT2D eigenvalue weighted by Crippen LogP contribution is -2.15. The number of phenolic OH excluding ortho intramolecular Hbond substituents is 1. The SMILES string of the molecule is Cc1cc(C=Nc2ccc(O)cc2)c(C)n1C1CCCCC1. The lowest BCUT2D eigenvalue weighted by atomic mass is 9.95. The summed E-state index contributed by atoms with van der Waals surface area (Å²) >= 11 is 0. The van der Waals surface area contributed by atoms with Crippen molar-refractivity contribution in [2.75, 3.05) is 0 Å². The molecule has 22 heavy (non-hydrogen) atoms. The van der Waals surface area contributed by atoms with Crippen LogP contribution in [-0.2, 0) is 0 Å². The van der Waals surface area contributed by atoms with Crippen molar-refractivity contribution in [1.82, 2.24) is 4.57 Å². The van der Waals surface area contributed by atoms with E-state index < -0.39 is 0 Å². The maximum absolute atomic E-state index is 9.31. The maximum Gasteiger partial charge on any atom is 0.115 e. The highest BCUT2D eigenvalue weighted by molar-refractivity contribution is 5.83. The zero-order valence-electron chi connectivity index (χ0n) is 13.4. The molecule has 1 aromatic heterocycles. The standard InChI is InChI=1S/C19H24N2O/c1-14-12-16(13-20-17-8-10-19(22)11-9-17)15(2)21(14)18-6-4-3-5-7-18/h8-13,18,22H,3-7H2,1-2H3. The van der Waals surface area contributed by atoms with Crippen LogP contribution in [0, 0.1) is 13.8 Å². The number of hydrogen-bond acceptors (Lipinski definition) is 2. The highest BCUT2D eigenvalue weighted by Crippen LogP contribution is 2.32. The molecule has 0 aliphatic heterocycles. The first-order valence-corrected chi connectivity index (χ1v) is 8.16. The number of aromatic hydroxyl groups is 1. The molecule has 116 valence electrons. The van der Waals surface area contributed by atoms with Gasteiger partial charge in [-0.05, 0) is 57.0 Å². The average Bonchev–Trinajstić information content (AvgIpc) is 2.82. The molecule has 1 aliphatic rings. The van der Waals surface area contributed by atoms with Crippen molar-refractivity contribution < 1.29 is 5.11 Å². The Morgan fingerprint density at radius 1 is 1.09 bits per heavy atom. The van der Waals surface area contributed by atoms with E-state index in [4.69, 9.17) is 0 Å². The van der Waals surface area contributed by atoms with E-state index in [-0.39, 0.29) is 5.75 Å². The van der Waals surface area contributed by atoms with E-state index in [9.17, 15) is 5.11 Å². The number of phenols is 1. The zero-order valence-corrected chi connectivity index (χ0v) is 13.4. The molecule has 1 fully saturated rings. The smallest absolute Gasteiger partial charge is 0.115 e.